The Balaban J connectivity index is 1.38. The highest BCUT2D eigenvalue weighted by Gasteiger charge is 2.44. The third-order valence-corrected chi connectivity index (χ3v) is 7.26. The molecule has 2 saturated carbocycles. The molecule has 0 radical (unpaired) electrons. The molecule has 0 saturated heterocycles. The van der Waals surface area contributed by atoms with E-state index in [4.69, 9.17) is 11.6 Å². The monoisotopic (exact) mass is 448 g/mol. The van der Waals surface area contributed by atoms with Crippen molar-refractivity contribution in [2.75, 3.05) is 6.54 Å². The van der Waals surface area contributed by atoms with Gasteiger partial charge < -0.3 is 5.32 Å². The molecule has 0 bridgehead atoms. The lowest BCUT2D eigenvalue weighted by Gasteiger charge is -2.26. The number of hydrogen-bond acceptors (Lipinski definition) is 6. The van der Waals surface area contributed by atoms with E-state index in [2.05, 4.69) is 37.0 Å². The zero-order valence-electron chi connectivity index (χ0n) is 17.9. The molecule has 2 aliphatic carbocycles. The molecule has 4 aromatic rings. The van der Waals surface area contributed by atoms with Gasteiger partial charge in [0, 0.05) is 0 Å². The molecule has 8 nitrogen and oxygen atoms in total. The van der Waals surface area contributed by atoms with E-state index in [1.165, 1.54) is 25.7 Å². The molecule has 32 heavy (non-hydrogen) atoms. The predicted octanol–water partition coefficient (Wildman–Crippen LogP) is 3.78. The number of tetrazole rings is 1. The minimum Gasteiger partial charge on any atom is -0.302 e. The van der Waals surface area contributed by atoms with Gasteiger partial charge in [-0.05, 0) is 72.3 Å². The summed E-state index contributed by atoms with van der Waals surface area (Å²) < 4.78 is 3.61. The molecule has 0 amide bonds. The third-order valence-electron chi connectivity index (χ3n) is 6.94. The Morgan fingerprint density at radius 2 is 2.03 bits per heavy atom. The Bertz CT molecular complexity index is 1260. The maximum absolute atomic E-state index is 6.49. The Labute approximate surface area is 191 Å². The average molecular weight is 449 g/mol. The predicted molar refractivity (Wildman–Crippen MR) is 121 cm³/mol. The van der Waals surface area contributed by atoms with Gasteiger partial charge in [0.25, 0.3) is 0 Å². The molecule has 0 aliphatic heterocycles. The molecular weight excluding hydrogens is 424 g/mol. The van der Waals surface area contributed by atoms with E-state index in [1.807, 2.05) is 47.8 Å². The molecule has 0 spiro atoms. The summed E-state index contributed by atoms with van der Waals surface area (Å²) in [5.74, 6) is 3.91. The SMILES string of the molecule is Cc1nc2cccc(C(NC[C@@H]3C[C@H]3C3CCC3)c3nnnn3-c3ccccc3Cl)n2n1. The molecule has 3 atom stereocenters. The van der Waals surface area contributed by atoms with Gasteiger partial charge in [-0.1, -0.05) is 49.1 Å². The molecule has 9 heteroatoms. The normalized spacial score (nSPS) is 21.6. The lowest BCUT2D eigenvalue weighted by Crippen LogP contribution is -2.30. The number of aromatic nitrogens is 7. The number of aryl methyl sites for hydroxylation is 1. The first-order chi connectivity index (χ1) is 15.7. The summed E-state index contributed by atoms with van der Waals surface area (Å²) in [5, 5.41) is 21.7. The Hall–Kier alpha value is -2.84. The molecule has 3 aromatic heterocycles. The van der Waals surface area contributed by atoms with Gasteiger partial charge in [0.1, 0.15) is 11.9 Å². The molecule has 2 aliphatic rings. The summed E-state index contributed by atoms with van der Waals surface area (Å²) in [7, 11) is 0. The van der Waals surface area contributed by atoms with E-state index in [0.717, 1.165) is 41.2 Å². The zero-order chi connectivity index (χ0) is 21.7. The minimum atomic E-state index is -0.256. The van der Waals surface area contributed by atoms with Crippen LogP contribution in [0.3, 0.4) is 0 Å². The standard InChI is InChI=1S/C23H25ClN8/c1-14-26-21-11-5-10-20(31(21)28-14)22(25-13-16-12-17(16)15-6-4-7-15)23-27-29-30-32(23)19-9-3-2-8-18(19)24/h2-3,5,8-11,15-17,22,25H,4,6-7,12-13H2,1H3/t16-,17-,22?/m0/s1. The molecule has 2 fully saturated rings. The van der Waals surface area contributed by atoms with E-state index < -0.39 is 0 Å². The van der Waals surface area contributed by atoms with Crippen molar-refractivity contribution in [3.63, 3.8) is 0 Å². The van der Waals surface area contributed by atoms with Crippen LogP contribution in [-0.4, -0.2) is 41.4 Å². The van der Waals surface area contributed by atoms with Gasteiger partial charge in [0.05, 0.1) is 16.4 Å². The number of benzene rings is 1. The molecule has 3 heterocycles. The highest BCUT2D eigenvalue weighted by molar-refractivity contribution is 6.32. The van der Waals surface area contributed by atoms with Crippen LogP contribution in [0.2, 0.25) is 5.02 Å². The van der Waals surface area contributed by atoms with E-state index in [0.29, 0.717) is 16.8 Å². The maximum Gasteiger partial charge on any atom is 0.179 e. The number of nitrogens with zero attached hydrogens (tertiary/aromatic N) is 7. The topological polar surface area (TPSA) is 85.8 Å². The minimum absolute atomic E-state index is 0.256. The van der Waals surface area contributed by atoms with Crippen LogP contribution in [0.5, 0.6) is 0 Å². The molecule has 6 rings (SSSR count). The smallest absolute Gasteiger partial charge is 0.179 e. The van der Waals surface area contributed by atoms with Crippen LogP contribution in [0.4, 0.5) is 0 Å². The molecule has 1 aromatic carbocycles. The van der Waals surface area contributed by atoms with Crippen molar-refractivity contribution >= 4 is 17.2 Å². The Morgan fingerprint density at radius 1 is 1.16 bits per heavy atom. The third kappa shape index (κ3) is 3.47. The number of pyridine rings is 1. The summed E-state index contributed by atoms with van der Waals surface area (Å²) in [6.45, 7) is 2.83. The fourth-order valence-electron chi connectivity index (χ4n) is 4.97. The first kappa shape index (κ1) is 19.8. The highest BCUT2D eigenvalue weighted by atomic mass is 35.5. The molecule has 1 N–H and O–H groups in total. The second-order valence-corrected chi connectivity index (χ2v) is 9.38. The lowest BCUT2D eigenvalue weighted by molar-refractivity contribution is 0.263. The van der Waals surface area contributed by atoms with E-state index in [-0.39, 0.29) is 6.04 Å². The fraction of sp³-hybridized carbons (Fsp3) is 0.435. The van der Waals surface area contributed by atoms with Crippen molar-refractivity contribution in [2.45, 2.75) is 38.6 Å². The number of hydrogen-bond donors (Lipinski definition) is 1. The van der Waals surface area contributed by atoms with Crippen molar-refractivity contribution in [2.24, 2.45) is 17.8 Å². The van der Waals surface area contributed by atoms with Crippen LogP contribution in [0.15, 0.2) is 42.5 Å². The first-order valence-corrected chi connectivity index (χ1v) is 11.7. The Morgan fingerprint density at radius 3 is 2.84 bits per heavy atom. The Kier molecular flexibility index (Phi) is 4.91. The van der Waals surface area contributed by atoms with E-state index in [1.54, 1.807) is 4.68 Å². The average Bonchev–Trinajstić information content (AvgIpc) is 3.15. The van der Waals surface area contributed by atoms with Gasteiger partial charge in [-0.25, -0.2) is 9.50 Å². The van der Waals surface area contributed by atoms with Gasteiger partial charge in [0.15, 0.2) is 11.5 Å². The van der Waals surface area contributed by atoms with Crippen molar-refractivity contribution < 1.29 is 0 Å². The van der Waals surface area contributed by atoms with Crippen LogP contribution in [0.25, 0.3) is 11.3 Å². The quantitative estimate of drug-likeness (QED) is 0.463. The summed E-state index contributed by atoms with van der Waals surface area (Å²) in [4.78, 5) is 4.54. The molecular formula is C23H25ClN8. The zero-order valence-corrected chi connectivity index (χ0v) is 18.7. The summed E-state index contributed by atoms with van der Waals surface area (Å²) in [5.41, 5.74) is 2.51. The largest absolute Gasteiger partial charge is 0.302 e. The van der Waals surface area contributed by atoms with E-state index >= 15 is 0 Å². The lowest BCUT2D eigenvalue weighted by atomic mass is 9.81. The highest BCUT2D eigenvalue weighted by Crippen LogP contribution is 2.51. The fourth-order valence-corrected chi connectivity index (χ4v) is 5.18. The number of rotatable bonds is 7. The van der Waals surface area contributed by atoms with Gasteiger partial charge in [0.2, 0.25) is 0 Å². The van der Waals surface area contributed by atoms with Crippen molar-refractivity contribution in [1.29, 1.82) is 0 Å². The van der Waals surface area contributed by atoms with Crippen LogP contribution in [0.1, 0.15) is 49.1 Å². The first-order valence-electron chi connectivity index (χ1n) is 11.3. The summed E-state index contributed by atoms with van der Waals surface area (Å²) in [6, 6.07) is 13.4. The van der Waals surface area contributed by atoms with Crippen LogP contribution in [0, 0.1) is 24.7 Å². The number of para-hydroxylation sites is 1. The van der Waals surface area contributed by atoms with Crippen LogP contribution >= 0.6 is 11.6 Å². The molecule has 164 valence electrons. The number of halogens is 1. The van der Waals surface area contributed by atoms with Crippen LogP contribution in [-0.2, 0) is 0 Å². The van der Waals surface area contributed by atoms with Gasteiger partial charge in [-0.15, -0.1) is 5.10 Å². The van der Waals surface area contributed by atoms with E-state index in [9.17, 15) is 0 Å². The summed E-state index contributed by atoms with van der Waals surface area (Å²) in [6.07, 6.45) is 5.50. The number of fused-ring (bicyclic) bond motifs is 1. The van der Waals surface area contributed by atoms with Gasteiger partial charge in [-0.2, -0.15) is 9.78 Å². The second-order valence-electron chi connectivity index (χ2n) is 8.97. The van der Waals surface area contributed by atoms with Crippen molar-refractivity contribution in [3.8, 4) is 5.69 Å². The van der Waals surface area contributed by atoms with Gasteiger partial charge in [-0.3, -0.25) is 0 Å². The second kappa shape index (κ2) is 7.94. The maximum atomic E-state index is 6.49. The summed E-state index contributed by atoms with van der Waals surface area (Å²) >= 11 is 6.49. The van der Waals surface area contributed by atoms with Crippen molar-refractivity contribution in [1.82, 2.24) is 40.1 Å². The van der Waals surface area contributed by atoms with Crippen LogP contribution < -0.4 is 5.32 Å². The van der Waals surface area contributed by atoms with Crippen molar-refractivity contribution in [3.05, 3.63) is 64.8 Å². The number of nitrogens with one attached hydrogen (secondary N) is 1. The molecule has 1 unspecified atom stereocenters. The van der Waals surface area contributed by atoms with Gasteiger partial charge >= 0.3 is 0 Å².